The first-order chi connectivity index (χ1) is 10.0. The Morgan fingerprint density at radius 2 is 2.24 bits per heavy atom. The van der Waals surface area contributed by atoms with Crippen LogP contribution >= 0.6 is 0 Å². The average Bonchev–Trinajstić information content (AvgIpc) is 2.97. The van der Waals surface area contributed by atoms with Crippen LogP contribution in [0.15, 0.2) is 6.07 Å². The van der Waals surface area contributed by atoms with Crippen LogP contribution in [0.2, 0.25) is 0 Å². The Balaban J connectivity index is 1.82. The van der Waals surface area contributed by atoms with Gasteiger partial charge >= 0.3 is 0 Å². The predicted molar refractivity (Wildman–Crippen MR) is 81.0 cm³/mol. The van der Waals surface area contributed by atoms with Gasteiger partial charge in [-0.15, -0.1) is 0 Å². The lowest BCUT2D eigenvalue weighted by Gasteiger charge is -2.06. The smallest absolute Gasteiger partial charge is 0.273 e. The Kier molecular flexibility index (Phi) is 4.62. The molecule has 0 aliphatic carbocycles. The number of nitrogens with zero attached hydrogens (tertiary/aromatic N) is 3. The van der Waals surface area contributed by atoms with E-state index >= 15 is 0 Å². The molecule has 7 nitrogen and oxygen atoms in total. The molecule has 0 fully saturated rings. The van der Waals surface area contributed by atoms with Crippen molar-refractivity contribution in [3.63, 3.8) is 0 Å². The first kappa shape index (κ1) is 15.1. The van der Waals surface area contributed by atoms with Crippen LogP contribution in [0, 0.1) is 13.8 Å². The largest absolute Gasteiger partial charge is 0.395 e. The maximum Gasteiger partial charge on any atom is 0.273 e. The summed E-state index contributed by atoms with van der Waals surface area (Å²) in [5.74, 6) is -0.239. The number of amides is 1. The van der Waals surface area contributed by atoms with Crippen LogP contribution < -0.4 is 11.1 Å². The van der Waals surface area contributed by atoms with Crippen molar-refractivity contribution in [2.24, 2.45) is 0 Å². The third-order valence-electron chi connectivity index (χ3n) is 3.39. The van der Waals surface area contributed by atoms with Gasteiger partial charge in [0.1, 0.15) is 0 Å². The summed E-state index contributed by atoms with van der Waals surface area (Å²) in [6.45, 7) is 7.29. The minimum Gasteiger partial charge on any atom is -0.395 e. The van der Waals surface area contributed by atoms with Gasteiger partial charge in [0.15, 0.2) is 5.69 Å². The van der Waals surface area contributed by atoms with Gasteiger partial charge in [-0.3, -0.25) is 14.6 Å². The number of nitrogens with two attached hydrogens (primary N) is 1. The van der Waals surface area contributed by atoms with Gasteiger partial charge in [-0.2, -0.15) is 10.2 Å². The van der Waals surface area contributed by atoms with Crippen molar-refractivity contribution in [2.75, 3.05) is 12.3 Å². The fraction of sp³-hybridized carbons (Fsp3) is 0.500. The Labute approximate surface area is 123 Å². The molecule has 2 heterocycles. The van der Waals surface area contributed by atoms with E-state index < -0.39 is 0 Å². The molecule has 0 spiro atoms. The number of anilines is 1. The van der Waals surface area contributed by atoms with Crippen molar-refractivity contribution in [1.29, 1.82) is 0 Å². The van der Waals surface area contributed by atoms with Gasteiger partial charge < -0.3 is 11.1 Å². The maximum atomic E-state index is 12.0. The molecule has 0 aliphatic rings. The number of aryl methyl sites for hydroxylation is 4. The summed E-state index contributed by atoms with van der Waals surface area (Å²) >= 11 is 0. The van der Waals surface area contributed by atoms with Gasteiger partial charge in [-0.1, -0.05) is 6.92 Å². The Hall–Kier alpha value is -2.31. The van der Waals surface area contributed by atoms with E-state index in [1.54, 1.807) is 0 Å². The second-order valence-corrected chi connectivity index (χ2v) is 5.08. The molecule has 7 heteroatoms. The topological polar surface area (TPSA) is 102 Å². The van der Waals surface area contributed by atoms with E-state index in [1.165, 1.54) is 0 Å². The summed E-state index contributed by atoms with van der Waals surface area (Å²) in [7, 11) is 0. The van der Waals surface area contributed by atoms with Crippen LogP contribution in [-0.2, 0) is 13.0 Å². The Morgan fingerprint density at radius 3 is 2.81 bits per heavy atom. The summed E-state index contributed by atoms with van der Waals surface area (Å²) < 4.78 is 1.94. The molecule has 4 N–H and O–H groups in total. The van der Waals surface area contributed by atoms with Gasteiger partial charge in [0.25, 0.3) is 5.91 Å². The number of aromatic amines is 1. The number of carbonyl (C=O) groups excluding carboxylic acids is 1. The van der Waals surface area contributed by atoms with Crippen LogP contribution in [0.5, 0.6) is 0 Å². The van der Waals surface area contributed by atoms with Crippen molar-refractivity contribution in [3.05, 3.63) is 28.8 Å². The molecule has 21 heavy (non-hydrogen) atoms. The lowest BCUT2D eigenvalue weighted by molar-refractivity contribution is 0.0948. The molecule has 0 atom stereocenters. The summed E-state index contributed by atoms with van der Waals surface area (Å²) in [5.41, 5.74) is 9.51. The van der Waals surface area contributed by atoms with E-state index in [-0.39, 0.29) is 11.6 Å². The van der Waals surface area contributed by atoms with Crippen LogP contribution in [0.25, 0.3) is 0 Å². The van der Waals surface area contributed by atoms with Gasteiger partial charge in [0.05, 0.1) is 17.1 Å². The minimum atomic E-state index is -0.239. The van der Waals surface area contributed by atoms with Crippen molar-refractivity contribution in [3.8, 4) is 0 Å². The van der Waals surface area contributed by atoms with E-state index in [2.05, 4.69) is 20.6 Å². The third-order valence-corrected chi connectivity index (χ3v) is 3.39. The van der Waals surface area contributed by atoms with Gasteiger partial charge in [-0.25, -0.2) is 0 Å². The fourth-order valence-corrected chi connectivity index (χ4v) is 2.25. The number of rotatable bonds is 6. The highest BCUT2D eigenvalue weighted by molar-refractivity contribution is 5.97. The molecule has 0 saturated heterocycles. The lowest BCUT2D eigenvalue weighted by Crippen LogP contribution is -2.26. The first-order valence-corrected chi connectivity index (χ1v) is 7.15. The molecular weight excluding hydrogens is 268 g/mol. The molecular formula is C14H22N6O. The highest BCUT2D eigenvalue weighted by atomic mass is 16.1. The van der Waals surface area contributed by atoms with Crippen molar-refractivity contribution in [1.82, 2.24) is 25.3 Å². The normalized spacial score (nSPS) is 10.8. The van der Waals surface area contributed by atoms with Crippen molar-refractivity contribution >= 4 is 11.6 Å². The second-order valence-electron chi connectivity index (χ2n) is 5.08. The molecule has 0 aromatic carbocycles. The fourth-order valence-electron chi connectivity index (χ4n) is 2.25. The quantitative estimate of drug-likeness (QED) is 0.695. The third kappa shape index (κ3) is 3.42. The van der Waals surface area contributed by atoms with Crippen LogP contribution in [0.1, 0.15) is 40.9 Å². The number of nitrogens with one attached hydrogen (secondary N) is 2. The zero-order chi connectivity index (χ0) is 15.4. The summed E-state index contributed by atoms with van der Waals surface area (Å²) in [4.78, 5) is 12.0. The number of hydrogen-bond acceptors (Lipinski definition) is 4. The Morgan fingerprint density at radius 1 is 1.48 bits per heavy atom. The van der Waals surface area contributed by atoms with Crippen molar-refractivity contribution in [2.45, 2.75) is 40.2 Å². The average molecular weight is 290 g/mol. The van der Waals surface area contributed by atoms with E-state index in [4.69, 9.17) is 5.73 Å². The molecule has 0 radical (unpaired) electrons. The zero-order valence-electron chi connectivity index (χ0n) is 12.7. The molecule has 114 valence electrons. The molecule has 0 saturated carbocycles. The van der Waals surface area contributed by atoms with Gasteiger partial charge in [0.2, 0.25) is 0 Å². The molecule has 2 rings (SSSR count). The monoisotopic (exact) mass is 290 g/mol. The summed E-state index contributed by atoms with van der Waals surface area (Å²) in [6, 6.07) is 2.04. The van der Waals surface area contributed by atoms with Crippen LogP contribution in [0.3, 0.4) is 0 Å². The molecule has 2 aromatic rings. The maximum absolute atomic E-state index is 12.0. The molecule has 2 aromatic heterocycles. The number of nitrogen functional groups attached to an aromatic ring is 1. The minimum absolute atomic E-state index is 0.239. The first-order valence-electron chi connectivity index (χ1n) is 7.15. The van der Waals surface area contributed by atoms with E-state index in [1.807, 2.05) is 31.5 Å². The molecule has 1 amide bonds. The van der Waals surface area contributed by atoms with Crippen molar-refractivity contribution < 1.29 is 4.79 Å². The Bertz CT molecular complexity index is 627. The number of hydrogen-bond donors (Lipinski definition) is 3. The lowest BCUT2D eigenvalue weighted by atomic mass is 10.2. The summed E-state index contributed by atoms with van der Waals surface area (Å²) in [5, 5.41) is 14.0. The van der Waals surface area contributed by atoms with E-state index in [0.717, 1.165) is 36.5 Å². The molecule has 0 unspecified atom stereocenters. The van der Waals surface area contributed by atoms with E-state index in [9.17, 15) is 4.79 Å². The van der Waals surface area contributed by atoms with Crippen LogP contribution in [-0.4, -0.2) is 32.4 Å². The SMILES string of the molecule is CCc1[nH]nc(C(=O)NCCCn2nc(C)cc2C)c1N. The highest BCUT2D eigenvalue weighted by Gasteiger charge is 2.15. The molecule has 0 bridgehead atoms. The number of H-pyrrole nitrogens is 1. The van der Waals surface area contributed by atoms with Gasteiger partial charge in [-0.05, 0) is 32.8 Å². The summed E-state index contributed by atoms with van der Waals surface area (Å²) in [6.07, 6.45) is 1.53. The highest BCUT2D eigenvalue weighted by Crippen LogP contribution is 2.13. The number of carbonyl (C=O) groups is 1. The number of aromatic nitrogens is 4. The zero-order valence-corrected chi connectivity index (χ0v) is 12.7. The van der Waals surface area contributed by atoms with Gasteiger partial charge in [0, 0.05) is 18.8 Å². The second kappa shape index (κ2) is 6.43. The van der Waals surface area contributed by atoms with Crippen LogP contribution in [0.4, 0.5) is 5.69 Å². The standard InChI is InChI=1S/C14H22N6O/c1-4-11-12(15)13(18-17-11)14(21)16-6-5-7-20-10(3)8-9(2)19-20/h8H,4-7,15H2,1-3H3,(H,16,21)(H,17,18). The predicted octanol–water partition coefficient (Wildman–Crippen LogP) is 1.19. The molecule has 0 aliphatic heterocycles. The van der Waals surface area contributed by atoms with E-state index in [0.29, 0.717) is 12.2 Å².